The van der Waals surface area contributed by atoms with Gasteiger partial charge in [-0.1, -0.05) is 26.7 Å². The van der Waals surface area contributed by atoms with Gasteiger partial charge in [-0.2, -0.15) is 0 Å². The van der Waals surface area contributed by atoms with Crippen LogP contribution in [-0.2, 0) is 0 Å². The fourth-order valence-corrected chi connectivity index (χ4v) is 2.65. The molecule has 0 spiro atoms. The molecule has 1 rings (SSSR count). The van der Waals surface area contributed by atoms with Crippen molar-refractivity contribution >= 4 is 0 Å². The van der Waals surface area contributed by atoms with E-state index in [1.54, 1.807) is 6.92 Å². The third-order valence-corrected chi connectivity index (χ3v) is 3.02. The molecule has 0 unspecified atom stereocenters. The summed E-state index contributed by atoms with van der Waals surface area (Å²) in [6.07, 6.45) is 5.15. The highest BCUT2D eigenvalue weighted by atomic mass is 19.1. The van der Waals surface area contributed by atoms with Crippen LogP contribution in [0.25, 0.3) is 0 Å². The smallest absolute Gasteiger partial charge is 0.109 e. The van der Waals surface area contributed by atoms with E-state index in [0.29, 0.717) is 5.41 Å². The largest absolute Gasteiger partial charge is 0.244 e. The van der Waals surface area contributed by atoms with Gasteiger partial charge < -0.3 is 0 Å². The van der Waals surface area contributed by atoms with E-state index >= 15 is 0 Å². The third-order valence-electron chi connectivity index (χ3n) is 3.02. The Bertz CT molecular complexity index is 130. The maximum atomic E-state index is 13.2. The van der Waals surface area contributed by atoms with E-state index in [9.17, 15) is 4.39 Å². The van der Waals surface area contributed by atoms with Crippen molar-refractivity contribution in [2.75, 3.05) is 0 Å². The van der Waals surface area contributed by atoms with E-state index in [0.717, 1.165) is 19.3 Å². The van der Waals surface area contributed by atoms with Gasteiger partial charge in [-0.15, -0.1) is 0 Å². The molecule has 0 amide bonds. The Kier molecular flexibility index (Phi) is 2.27. The van der Waals surface area contributed by atoms with Crippen LogP contribution in [0.2, 0.25) is 0 Å². The van der Waals surface area contributed by atoms with Crippen molar-refractivity contribution in [1.29, 1.82) is 0 Å². The van der Waals surface area contributed by atoms with Crippen molar-refractivity contribution in [3.8, 4) is 0 Å². The van der Waals surface area contributed by atoms with Crippen LogP contribution < -0.4 is 0 Å². The second-order valence-electron chi connectivity index (χ2n) is 4.37. The van der Waals surface area contributed by atoms with Crippen molar-refractivity contribution < 1.29 is 4.39 Å². The van der Waals surface area contributed by atoms with Crippen LogP contribution in [0.1, 0.15) is 52.9 Å². The number of halogens is 1. The number of hydrogen-bond acceptors (Lipinski definition) is 0. The fourth-order valence-electron chi connectivity index (χ4n) is 2.65. The molecule has 0 atom stereocenters. The van der Waals surface area contributed by atoms with Crippen LogP contribution in [0.4, 0.5) is 4.39 Å². The van der Waals surface area contributed by atoms with Crippen LogP contribution in [0, 0.1) is 5.41 Å². The lowest BCUT2D eigenvalue weighted by Gasteiger charge is -2.50. The highest BCUT2D eigenvalue weighted by Crippen LogP contribution is 2.55. The Labute approximate surface area is 69.2 Å². The van der Waals surface area contributed by atoms with Gasteiger partial charge in [0.2, 0.25) is 0 Å². The molecule has 1 aliphatic rings. The number of hydrogen-bond donors (Lipinski definition) is 0. The Hall–Kier alpha value is -0.0700. The Morgan fingerprint density at radius 2 is 1.82 bits per heavy atom. The summed E-state index contributed by atoms with van der Waals surface area (Å²) < 4.78 is 13.2. The minimum atomic E-state index is -0.842. The van der Waals surface area contributed by atoms with E-state index in [4.69, 9.17) is 0 Å². The van der Waals surface area contributed by atoms with Crippen molar-refractivity contribution in [3.63, 3.8) is 0 Å². The normalized spacial score (nSPS) is 43.6. The zero-order valence-corrected chi connectivity index (χ0v) is 7.91. The molecule has 1 saturated carbocycles. The molecule has 0 N–H and O–H groups in total. The standard InChI is InChI=1S/C10H19F/c1-4-6-10(5-2)7-9(3,11)8-10/h4-8H2,1-3H3. The van der Waals surface area contributed by atoms with Crippen LogP contribution in [0.5, 0.6) is 0 Å². The van der Waals surface area contributed by atoms with E-state index in [-0.39, 0.29) is 0 Å². The van der Waals surface area contributed by atoms with E-state index in [1.807, 2.05) is 0 Å². The van der Waals surface area contributed by atoms with Crippen LogP contribution in [0.15, 0.2) is 0 Å². The minimum absolute atomic E-state index is 0.373. The van der Waals surface area contributed by atoms with Gasteiger partial charge in [0.15, 0.2) is 0 Å². The molecule has 1 fully saturated rings. The van der Waals surface area contributed by atoms with Gasteiger partial charge in [0.1, 0.15) is 5.67 Å². The van der Waals surface area contributed by atoms with E-state index in [1.165, 1.54) is 12.8 Å². The van der Waals surface area contributed by atoms with Crippen molar-refractivity contribution in [3.05, 3.63) is 0 Å². The van der Waals surface area contributed by atoms with Gasteiger partial charge in [-0.05, 0) is 31.6 Å². The minimum Gasteiger partial charge on any atom is -0.244 e. The maximum absolute atomic E-state index is 13.2. The highest BCUT2D eigenvalue weighted by Gasteiger charge is 2.50. The fraction of sp³-hybridized carbons (Fsp3) is 1.00. The molecule has 0 nitrogen and oxygen atoms in total. The van der Waals surface area contributed by atoms with Crippen LogP contribution in [-0.4, -0.2) is 5.67 Å². The first-order chi connectivity index (χ1) is 5.04. The SMILES string of the molecule is CCCC1(CC)CC(C)(F)C1. The molecule has 0 heterocycles. The van der Waals surface area contributed by atoms with Crippen LogP contribution in [0.3, 0.4) is 0 Å². The Morgan fingerprint density at radius 1 is 1.27 bits per heavy atom. The maximum Gasteiger partial charge on any atom is 0.109 e. The molecule has 0 aromatic carbocycles. The molecule has 0 bridgehead atoms. The van der Waals surface area contributed by atoms with Gasteiger partial charge in [0.25, 0.3) is 0 Å². The summed E-state index contributed by atoms with van der Waals surface area (Å²) in [4.78, 5) is 0. The van der Waals surface area contributed by atoms with Gasteiger partial charge >= 0.3 is 0 Å². The van der Waals surface area contributed by atoms with Gasteiger partial charge in [0, 0.05) is 0 Å². The molecular formula is C10H19F. The molecule has 0 aliphatic heterocycles. The first-order valence-electron chi connectivity index (χ1n) is 4.72. The summed E-state index contributed by atoms with van der Waals surface area (Å²) in [5, 5.41) is 0. The molecule has 0 radical (unpaired) electrons. The van der Waals surface area contributed by atoms with E-state index in [2.05, 4.69) is 13.8 Å². The summed E-state index contributed by atoms with van der Waals surface area (Å²) in [5.74, 6) is 0. The molecule has 0 aromatic heterocycles. The summed E-state index contributed by atoms with van der Waals surface area (Å²) >= 11 is 0. The summed E-state index contributed by atoms with van der Waals surface area (Å²) in [6.45, 7) is 6.10. The summed E-state index contributed by atoms with van der Waals surface area (Å²) in [7, 11) is 0. The molecule has 0 saturated heterocycles. The molecule has 1 aliphatic carbocycles. The average Bonchev–Trinajstić information content (AvgIpc) is 1.84. The lowest BCUT2D eigenvalue weighted by molar-refractivity contribution is -0.0624. The van der Waals surface area contributed by atoms with Crippen molar-refractivity contribution in [2.45, 2.75) is 58.5 Å². The summed E-state index contributed by atoms with van der Waals surface area (Å²) in [5.41, 5.74) is -0.469. The molecular weight excluding hydrogens is 139 g/mol. The molecule has 0 aromatic rings. The third kappa shape index (κ3) is 1.74. The topological polar surface area (TPSA) is 0 Å². The van der Waals surface area contributed by atoms with Crippen molar-refractivity contribution in [2.24, 2.45) is 5.41 Å². The summed E-state index contributed by atoms with van der Waals surface area (Å²) in [6, 6.07) is 0. The number of rotatable bonds is 3. The first-order valence-corrected chi connectivity index (χ1v) is 4.72. The lowest BCUT2D eigenvalue weighted by atomic mass is 9.57. The monoisotopic (exact) mass is 158 g/mol. The predicted octanol–water partition coefficient (Wildman–Crippen LogP) is 3.70. The van der Waals surface area contributed by atoms with Gasteiger partial charge in [-0.3, -0.25) is 0 Å². The molecule has 11 heavy (non-hydrogen) atoms. The Balaban J connectivity index is 2.43. The lowest BCUT2D eigenvalue weighted by Crippen LogP contribution is -2.46. The zero-order valence-electron chi connectivity index (χ0n) is 7.91. The number of alkyl halides is 1. The predicted molar refractivity (Wildman–Crippen MR) is 46.4 cm³/mol. The highest BCUT2D eigenvalue weighted by molar-refractivity contribution is 5.00. The second-order valence-corrected chi connectivity index (χ2v) is 4.37. The van der Waals surface area contributed by atoms with Crippen molar-refractivity contribution in [1.82, 2.24) is 0 Å². The quantitative estimate of drug-likeness (QED) is 0.587. The van der Waals surface area contributed by atoms with Gasteiger partial charge in [0.05, 0.1) is 0 Å². The molecule has 66 valence electrons. The van der Waals surface area contributed by atoms with Crippen LogP contribution >= 0.6 is 0 Å². The first kappa shape index (κ1) is 9.02. The Morgan fingerprint density at radius 3 is 2.09 bits per heavy atom. The average molecular weight is 158 g/mol. The second kappa shape index (κ2) is 2.76. The molecule has 1 heteroatoms. The van der Waals surface area contributed by atoms with Gasteiger partial charge in [-0.25, -0.2) is 4.39 Å². The van der Waals surface area contributed by atoms with E-state index < -0.39 is 5.67 Å². The zero-order chi connectivity index (χ0) is 8.54.